The Kier molecular flexibility index (Phi) is 4.31. The van der Waals surface area contributed by atoms with Crippen LogP contribution in [0.15, 0.2) is 0 Å². The van der Waals surface area contributed by atoms with Gasteiger partial charge in [0.1, 0.15) is 10.5 Å². The quantitative estimate of drug-likeness (QED) is 0.896. The van der Waals surface area contributed by atoms with E-state index >= 15 is 0 Å². The molecule has 128 valence electrons. The van der Waals surface area contributed by atoms with E-state index in [1.807, 2.05) is 0 Å². The Bertz CT molecular complexity index is 632. The van der Waals surface area contributed by atoms with Crippen LogP contribution < -0.4 is 4.90 Å². The number of carboxylic acid groups (broad SMARTS) is 1. The SMILES string of the molecule is CC(C)(C)OC(=O)N(c1nc(C(F)(F)F)c(C(=O)O)s1)C1CC1. The molecular formula is C13H15F3N2O4S. The zero-order chi connectivity index (χ0) is 17.6. The van der Waals surface area contributed by atoms with E-state index in [0.717, 1.165) is 4.90 Å². The van der Waals surface area contributed by atoms with Crippen LogP contribution in [0, 0.1) is 0 Å². The van der Waals surface area contributed by atoms with Gasteiger partial charge in [0.05, 0.1) is 0 Å². The summed E-state index contributed by atoms with van der Waals surface area (Å²) in [5.41, 5.74) is -2.33. The lowest BCUT2D eigenvalue weighted by Crippen LogP contribution is -2.38. The average Bonchev–Trinajstić information content (AvgIpc) is 3.02. The van der Waals surface area contributed by atoms with Gasteiger partial charge in [-0.3, -0.25) is 0 Å². The highest BCUT2D eigenvalue weighted by Gasteiger charge is 2.44. The second-order valence-corrected chi connectivity index (χ2v) is 7.04. The van der Waals surface area contributed by atoms with Crippen molar-refractivity contribution in [1.82, 2.24) is 4.98 Å². The van der Waals surface area contributed by atoms with Crippen LogP contribution in [0.1, 0.15) is 49.0 Å². The van der Waals surface area contributed by atoms with Gasteiger partial charge in [0.25, 0.3) is 0 Å². The molecule has 23 heavy (non-hydrogen) atoms. The summed E-state index contributed by atoms with van der Waals surface area (Å²) in [5.74, 6) is -1.74. The van der Waals surface area contributed by atoms with E-state index in [1.165, 1.54) is 0 Å². The molecule has 1 amide bonds. The lowest BCUT2D eigenvalue weighted by Gasteiger charge is -2.25. The molecule has 0 atom stereocenters. The Labute approximate surface area is 133 Å². The minimum Gasteiger partial charge on any atom is -0.477 e. The van der Waals surface area contributed by atoms with E-state index in [9.17, 15) is 22.8 Å². The van der Waals surface area contributed by atoms with Crippen LogP contribution in [-0.4, -0.2) is 33.8 Å². The van der Waals surface area contributed by atoms with Crippen LogP contribution in [0.5, 0.6) is 0 Å². The monoisotopic (exact) mass is 352 g/mol. The predicted molar refractivity (Wildman–Crippen MR) is 75.8 cm³/mol. The number of aromatic nitrogens is 1. The highest BCUT2D eigenvalue weighted by atomic mass is 32.1. The second kappa shape index (κ2) is 5.66. The molecule has 10 heteroatoms. The van der Waals surface area contributed by atoms with E-state index in [1.54, 1.807) is 20.8 Å². The predicted octanol–water partition coefficient (Wildman–Crippen LogP) is 3.76. The molecule has 1 aliphatic carbocycles. The van der Waals surface area contributed by atoms with Crippen molar-refractivity contribution >= 4 is 28.5 Å². The van der Waals surface area contributed by atoms with E-state index in [2.05, 4.69) is 4.98 Å². The van der Waals surface area contributed by atoms with Crippen molar-refractivity contribution in [2.45, 2.75) is 51.4 Å². The molecule has 6 nitrogen and oxygen atoms in total. The number of ether oxygens (including phenoxy) is 1. The van der Waals surface area contributed by atoms with Crippen molar-refractivity contribution in [1.29, 1.82) is 0 Å². The number of amides is 1. The Hall–Kier alpha value is -1.84. The Morgan fingerprint density at radius 3 is 2.22 bits per heavy atom. The first-order valence-electron chi connectivity index (χ1n) is 6.73. The third-order valence-electron chi connectivity index (χ3n) is 2.79. The zero-order valence-corrected chi connectivity index (χ0v) is 13.4. The largest absolute Gasteiger partial charge is 0.477 e. The standard InChI is InChI=1S/C13H15F3N2O4S/c1-12(2,3)22-11(21)18(6-4-5-6)10-17-8(13(14,15)16)7(23-10)9(19)20/h6H,4-5H2,1-3H3,(H,19,20). The summed E-state index contributed by atoms with van der Waals surface area (Å²) in [6, 6.07) is -0.321. The van der Waals surface area contributed by atoms with Crippen LogP contribution in [0.4, 0.5) is 23.1 Å². The van der Waals surface area contributed by atoms with Crippen LogP contribution in [0.3, 0.4) is 0 Å². The molecule has 0 aliphatic heterocycles. The van der Waals surface area contributed by atoms with Gasteiger partial charge in [-0.15, -0.1) is 0 Å². The molecule has 1 saturated carbocycles. The van der Waals surface area contributed by atoms with Crippen molar-refractivity contribution < 1.29 is 32.6 Å². The van der Waals surface area contributed by atoms with Crippen molar-refractivity contribution in [2.24, 2.45) is 0 Å². The van der Waals surface area contributed by atoms with Gasteiger partial charge in [0.15, 0.2) is 10.8 Å². The fourth-order valence-electron chi connectivity index (χ4n) is 1.78. The Balaban J connectivity index is 2.41. The maximum absolute atomic E-state index is 12.9. The topological polar surface area (TPSA) is 79.7 Å². The van der Waals surface area contributed by atoms with Gasteiger partial charge in [0, 0.05) is 6.04 Å². The smallest absolute Gasteiger partial charge is 0.435 e. The molecule has 2 rings (SSSR count). The number of thiazole rings is 1. The number of hydrogen-bond donors (Lipinski definition) is 1. The van der Waals surface area contributed by atoms with Crippen molar-refractivity contribution in [3.05, 3.63) is 10.6 Å². The zero-order valence-electron chi connectivity index (χ0n) is 12.6. The molecular weight excluding hydrogens is 337 g/mol. The number of halogens is 3. The summed E-state index contributed by atoms with van der Waals surface area (Å²) in [5, 5.41) is 8.63. The minimum absolute atomic E-state index is 0.313. The normalized spacial score (nSPS) is 15.4. The average molecular weight is 352 g/mol. The summed E-state index contributed by atoms with van der Waals surface area (Å²) in [7, 11) is 0. The fourth-order valence-corrected chi connectivity index (χ4v) is 2.76. The van der Waals surface area contributed by atoms with Gasteiger partial charge in [-0.05, 0) is 33.6 Å². The third kappa shape index (κ3) is 4.12. The fraction of sp³-hybridized carbons (Fsp3) is 0.615. The Morgan fingerprint density at radius 2 is 1.87 bits per heavy atom. The maximum atomic E-state index is 12.9. The van der Waals surface area contributed by atoms with Gasteiger partial charge < -0.3 is 9.84 Å². The van der Waals surface area contributed by atoms with E-state index in [4.69, 9.17) is 9.84 Å². The van der Waals surface area contributed by atoms with Gasteiger partial charge in [-0.25, -0.2) is 19.5 Å². The van der Waals surface area contributed by atoms with Crippen LogP contribution in [0.2, 0.25) is 0 Å². The van der Waals surface area contributed by atoms with Gasteiger partial charge >= 0.3 is 18.2 Å². The maximum Gasteiger partial charge on any atom is 0.435 e. The number of anilines is 1. The molecule has 1 aromatic heterocycles. The van der Waals surface area contributed by atoms with E-state index in [-0.39, 0.29) is 11.2 Å². The molecule has 0 radical (unpaired) electrons. The van der Waals surface area contributed by atoms with E-state index < -0.39 is 34.4 Å². The summed E-state index contributed by atoms with van der Waals surface area (Å²) in [6.07, 6.45) is -4.55. The van der Waals surface area contributed by atoms with Crippen LogP contribution >= 0.6 is 11.3 Å². The van der Waals surface area contributed by atoms with Gasteiger partial charge in [-0.1, -0.05) is 11.3 Å². The minimum atomic E-state index is -4.91. The number of carbonyl (C=O) groups excluding carboxylic acids is 1. The van der Waals surface area contributed by atoms with Gasteiger partial charge in [0.2, 0.25) is 0 Å². The molecule has 0 aromatic carbocycles. The summed E-state index contributed by atoms with van der Waals surface area (Å²) >= 11 is 0.320. The van der Waals surface area contributed by atoms with Crippen molar-refractivity contribution in [3.8, 4) is 0 Å². The molecule has 1 aromatic rings. The molecule has 1 N–H and O–H groups in total. The third-order valence-corrected chi connectivity index (χ3v) is 3.83. The second-order valence-electron chi connectivity index (χ2n) is 6.06. The molecule has 1 aliphatic rings. The molecule has 0 saturated heterocycles. The van der Waals surface area contributed by atoms with Crippen LogP contribution in [0.25, 0.3) is 0 Å². The lowest BCUT2D eigenvalue weighted by atomic mass is 10.2. The van der Waals surface area contributed by atoms with Crippen LogP contribution in [-0.2, 0) is 10.9 Å². The van der Waals surface area contributed by atoms with Crippen molar-refractivity contribution in [3.63, 3.8) is 0 Å². The number of hydrogen-bond acceptors (Lipinski definition) is 5. The molecule has 0 bridgehead atoms. The van der Waals surface area contributed by atoms with Crippen molar-refractivity contribution in [2.75, 3.05) is 4.90 Å². The summed E-state index contributed by atoms with van der Waals surface area (Å²) in [6.45, 7) is 4.88. The number of nitrogens with zero attached hydrogens (tertiary/aromatic N) is 2. The first kappa shape index (κ1) is 17.5. The molecule has 0 unspecified atom stereocenters. The van der Waals surface area contributed by atoms with E-state index in [0.29, 0.717) is 24.2 Å². The highest BCUT2D eigenvalue weighted by molar-refractivity contribution is 7.17. The first-order chi connectivity index (χ1) is 10.4. The lowest BCUT2D eigenvalue weighted by molar-refractivity contribution is -0.141. The molecule has 1 heterocycles. The molecule has 0 spiro atoms. The summed E-state index contributed by atoms with van der Waals surface area (Å²) in [4.78, 5) is 26.7. The number of rotatable bonds is 3. The number of carbonyl (C=O) groups is 2. The number of alkyl halides is 3. The number of carboxylic acids is 1. The van der Waals surface area contributed by atoms with Gasteiger partial charge in [-0.2, -0.15) is 13.2 Å². The highest BCUT2D eigenvalue weighted by Crippen LogP contribution is 2.41. The number of aromatic carboxylic acids is 1. The molecule has 1 fully saturated rings. The Morgan fingerprint density at radius 1 is 1.30 bits per heavy atom. The summed E-state index contributed by atoms with van der Waals surface area (Å²) < 4.78 is 43.9. The first-order valence-corrected chi connectivity index (χ1v) is 7.55.